The number of carbonyl (C=O) groups excluding carboxylic acids is 3. The number of amides is 4. The molecule has 4 amide bonds. The number of hydrogen-bond acceptors (Lipinski definition) is 8. The molecule has 0 radical (unpaired) electrons. The van der Waals surface area contributed by atoms with E-state index in [-0.39, 0.29) is 11.8 Å². The quantitative estimate of drug-likeness (QED) is 0.365. The number of likely N-dealkylation sites (tertiary alicyclic amines) is 1. The second-order valence-electron chi connectivity index (χ2n) is 10.7. The van der Waals surface area contributed by atoms with Crippen molar-refractivity contribution in [3.63, 3.8) is 0 Å². The number of nitrogens with zero attached hydrogens (tertiary/aromatic N) is 6. The van der Waals surface area contributed by atoms with Crippen LogP contribution in [0.5, 0.6) is 0 Å². The van der Waals surface area contributed by atoms with Gasteiger partial charge in [0.25, 0.3) is 11.8 Å². The van der Waals surface area contributed by atoms with E-state index in [2.05, 4.69) is 41.9 Å². The molecule has 3 aliphatic rings. The molecule has 1 spiro atoms. The molecule has 0 aliphatic carbocycles. The van der Waals surface area contributed by atoms with Gasteiger partial charge in [0.1, 0.15) is 23.3 Å². The highest BCUT2D eigenvalue weighted by Crippen LogP contribution is 2.34. The molecule has 3 saturated heterocycles. The van der Waals surface area contributed by atoms with Crippen LogP contribution >= 0.6 is 0 Å². The number of hydrogen-bond donors (Lipinski definition) is 2. The van der Waals surface area contributed by atoms with Gasteiger partial charge >= 0.3 is 6.03 Å². The first kappa shape index (κ1) is 26.7. The Kier molecular flexibility index (Phi) is 7.07. The highest BCUT2D eigenvalue weighted by Gasteiger charge is 2.52. The van der Waals surface area contributed by atoms with Crippen molar-refractivity contribution in [2.24, 2.45) is 0 Å². The number of fused-ring (bicyclic) bond motifs is 1. The maximum atomic E-state index is 13.5. The largest absolute Gasteiger partial charge is 0.378 e. The van der Waals surface area contributed by atoms with Crippen LogP contribution in [0, 0.1) is 11.8 Å². The Morgan fingerprint density at radius 1 is 1.07 bits per heavy atom. The highest BCUT2D eigenvalue weighted by molar-refractivity contribution is 6.23. The summed E-state index contributed by atoms with van der Waals surface area (Å²) in [6.45, 7) is 4.52. The van der Waals surface area contributed by atoms with Crippen LogP contribution in [0.1, 0.15) is 12.8 Å². The highest BCUT2D eigenvalue weighted by atomic mass is 16.5. The Morgan fingerprint density at radius 3 is 2.51 bits per heavy atom. The van der Waals surface area contributed by atoms with Crippen molar-refractivity contribution in [2.75, 3.05) is 69.8 Å². The smallest absolute Gasteiger partial charge is 0.329 e. The van der Waals surface area contributed by atoms with E-state index in [0.29, 0.717) is 51.4 Å². The molecule has 3 aliphatic heterocycles. The summed E-state index contributed by atoms with van der Waals surface area (Å²) in [4.78, 5) is 57.5. The lowest BCUT2D eigenvalue weighted by molar-refractivity contribution is -0.124. The lowest BCUT2D eigenvalue weighted by Gasteiger charge is -2.36. The molecule has 0 bridgehead atoms. The Hall–Kier alpha value is -4.47. The van der Waals surface area contributed by atoms with Gasteiger partial charge in [-0.05, 0) is 42.5 Å². The molecule has 6 rings (SSSR count). The summed E-state index contributed by atoms with van der Waals surface area (Å²) >= 11 is 0. The fourth-order valence-corrected chi connectivity index (χ4v) is 5.52. The fraction of sp³-hybridized carbons (Fsp3) is 0.414. The number of aromatic amines is 1. The van der Waals surface area contributed by atoms with Crippen LogP contribution in [0.4, 0.5) is 16.3 Å². The molecule has 12 nitrogen and oxygen atoms in total. The minimum Gasteiger partial charge on any atom is -0.378 e. The third-order valence-electron chi connectivity index (χ3n) is 7.93. The first-order chi connectivity index (χ1) is 19.8. The monoisotopic (exact) mass is 556 g/mol. The molecular formula is C29H32N8O4. The van der Waals surface area contributed by atoms with Gasteiger partial charge in [0.2, 0.25) is 0 Å². The molecule has 0 unspecified atom stereocenters. The Balaban J connectivity index is 1.15. The number of H-pyrrole nitrogens is 1. The summed E-state index contributed by atoms with van der Waals surface area (Å²) in [6, 6.07) is 8.99. The van der Waals surface area contributed by atoms with E-state index in [9.17, 15) is 14.4 Å². The zero-order chi connectivity index (χ0) is 28.6. The standard InChI is InChI=1S/C29H32N8O4/c1-34(2)24(38)4-3-11-35-12-9-29(10-13-35)27(39)37(28(40)33-29)21-7-5-20(6-8-21)23-18-22-25(32-23)30-19-31-26(22)36-14-16-41-17-15-36/h5-8,18-19H,9-17H2,1-2H3,(H,33,40)(H,30,31,32). The van der Waals surface area contributed by atoms with Crippen LogP contribution in [0.15, 0.2) is 36.7 Å². The first-order valence-corrected chi connectivity index (χ1v) is 13.7. The number of anilines is 2. The van der Waals surface area contributed by atoms with Crippen molar-refractivity contribution >= 4 is 40.4 Å². The number of nitrogens with one attached hydrogen (secondary N) is 2. The van der Waals surface area contributed by atoms with Gasteiger partial charge < -0.3 is 24.8 Å². The third kappa shape index (κ3) is 5.10. The molecule has 5 heterocycles. The van der Waals surface area contributed by atoms with Crippen molar-refractivity contribution in [2.45, 2.75) is 18.4 Å². The van der Waals surface area contributed by atoms with Crippen LogP contribution in [0.3, 0.4) is 0 Å². The number of aromatic nitrogens is 3. The normalized spacial score (nSPS) is 18.9. The molecular weight excluding hydrogens is 524 g/mol. The van der Waals surface area contributed by atoms with Gasteiger partial charge in [-0.15, -0.1) is 0 Å². The summed E-state index contributed by atoms with van der Waals surface area (Å²) in [5.41, 5.74) is 2.12. The average Bonchev–Trinajstić information content (AvgIpc) is 3.53. The van der Waals surface area contributed by atoms with Crippen molar-refractivity contribution in [3.8, 4) is 23.1 Å². The van der Waals surface area contributed by atoms with Gasteiger partial charge in [-0.3, -0.25) is 14.5 Å². The molecule has 3 fully saturated rings. The second-order valence-corrected chi connectivity index (χ2v) is 10.7. The Labute approximate surface area is 237 Å². The van der Waals surface area contributed by atoms with Crippen LogP contribution in [-0.2, 0) is 14.3 Å². The molecule has 41 heavy (non-hydrogen) atoms. The average molecular weight is 557 g/mol. The molecule has 0 saturated carbocycles. The van der Waals surface area contributed by atoms with Crippen molar-refractivity contribution < 1.29 is 19.1 Å². The molecule has 212 valence electrons. The van der Waals surface area contributed by atoms with E-state index in [1.165, 1.54) is 9.80 Å². The molecule has 3 aromatic rings. The molecule has 2 aromatic heterocycles. The number of rotatable bonds is 4. The zero-order valence-electron chi connectivity index (χ0n) is 23.1. The van der Waals surface area contributed by atoms with Crippen LogP contribution in [-0.4, -0.2) is 108 Å². The molecule has 1 aromatic carbocycles. The van der Waals surface area contributed by atoms with E-state index < -0.39 is 11.6 Å². The minimum absolute atomic E-state index is 0.236. The summed E-state index contributed by atoms with van der Waals surface area (Å²) in [7, 11) is 3.32. The van der Waals surface area contributed by atoms with E-state index in [1.54, 1.807) is 32.6 Å². The topological polar surface area (TPSA) is 127 Å². The lowest BCUT2D eigenvalue weighted by Crippen LogP contribution is -2.55. The predicted molar refractivity (Wildman–Crippen MR) is 153 cm³/mol. The summed E-state index contributed by atoms with van der Waals surface area (Å²) < 4.78 is 5.48. The number of carbonyl (C=O) groups is 3. The number of piperidine rings is 1. The van der Waals surface area contributed by atoms with Gasteiger partial charge in [-0.25, -0.2) is 19.7 Å². The van der Waals surface area contributed by atoms with E-state index in [1.807, 2.05) is 18.2 Å². The van der Waals surface area contributed by atoms with Gasteiger partial charge in [0.05, 0.1) is 30.8 Å². The fourth-order valence-electron chi connectivity index (χ4n) is 5.52. The Bertz CT molecular complexity index is 1540. The van der Waals surface area contributed by atoms with Crippen LogP contribution < -0.4 is 15.1 Å². The summed E-state index contributed by atoms with van der Waals surface area (Å²) in [5, 5.41) is 3.89. The Morgan fingerprint density at radius 2 is 1.80 bits per heavy atom. The molecule has 12 heteroatoms. The molecule has 2 N–H and O–H groups in total. The van der Waals surface area contributed by atoms with Crippen LogP contribution in [0.2, 0.25) is 0 Å². The number of urea groups is 1. The van der Waals surface area contributed by atoms with Crippen molar-refractivity contribution in [3.05, 3.63) is 36.7 Å². The van der Waals surface area contributed by atoms with Crippen LogP contribution in [0.25, 0.3) is 22.3 Å². The van der Waals surface area contributed by atoms with E-state index in [0.717, 1.165) is 41.2 Å². The van der Waals surface area contributed by atoms with Gasteiger partial charge in [0.15, 0.2) is 0 Å². The maximum Gasteiger partial charge on any atom is 0.329 e. The molecule has 0 atom stereocenters. The van der Waals surface area contributed by atoms with Crippen molar-refractivity contribution in [1.29, 1.82) is 0 Å². The second kappa shape index (κ2) is 10.8. The van der Waals surface area contributed by atoms with E-state index in [4.69, 9.17) is 4.74 Å². The zero-order valence-corrected chi connectivity index (χ0v) is 23.1. The van der Waals surface area contributed by atoms with Gasteiger partial charge in [-0.2, -0.15) is 0 Å². The maximum absolute atomic E-state index is 13.5. The number of imide groups is 1. The van der Waals surface area contributed by atoms with Crippen molar-refractivity contribution in [1.82, 2.24) is 30.1 Å². The van der Waals surface area contributed by atoms with Gasteiger partial charge in [-0.1, -0.05) is 18.1 Å². The first-order valence-electron chi connectivity index (χ1n) is 13.7. The minimum atomic E-state index is -0.926. The number of ether oxygens (including phenoxy) is 1. The third-order valence-corrected chi connectivity index (χ3v) is 7.93. The SMILES string of the molecule is CN(C)C(=O)C#CCN1CCC2(CC1)NC(=O)N(c1ccc(-c3cc4c(N5CCOCC5)ncnc4[nH]3)cc1)C2=O. The van der Waals surface area contributed by atoms with E-state index >= 15 is 0 Å². The number of benzene rings is 1. The van der Waals surface area contributed by atoms with Gasteiger partial charge in [0, 0.05) is 46.0 Å². The predicted octanol–water partition coefficient (Wildman–Crippen LogP) is 1.44. The summed E-state index contributed by atoms with van der Waals surface area (Å²) in [6.07, 6.45) is 2.53. The number of morpholine rings is 1. The lowest BCUT2D eigenvalue weighted by atomic mass is 9.87. The summed E-state index contributed by atoms with van der Waals surface area (Å²) in [5.74, 6) is 5.91.